The highest BCUT2D eigenvalue weighted by molar-refractivity contribution is 5.91. The fraction of sp³-hybridized carbons (Fsp3) is 0.273. The van der Waals surface area contributed by atoms with Crippen LogP contribution in [0.3, 0.4) is 0 Å². The average Bonchev–Trinajstić information content (AvgIpc) is 2.77. The lowest BCUT2D eigenvalue weighted by Crippen LogP contribution is -2.52. The monoisotopic (exact) mass is 426 g/mol. The van der Waals surface area contributed by atoms with Crippen LogP contribution in [0.4, 0.5) is 0 Å². The molecule has 0 aliphatic rings. The SMILES string of the molecule is N[C@@H](Cc1ccc(O)cc1)C(=O)NCC(=O)N[C@@H](Cc1ccccc1)C(=O)NCC=O. The van der Waals surface area contributed by atoms with Gasteiger partial charge in [0, 0.05) is 6.42 Å². The maximum atomic E-state index is 12.3. The predicted molar refractivity (Wildman–Crippen MR) is 114 cm³/mol. The summed E-state index contributed by atoms with van der Waals surface area (Å²) in [6.45, 7) is -0.517. The third-order valence-electron chi connectivity index (χ3n) is 4.45. The van der Waals surface area contributed by atoms with Crippen molar-refractivity contribution in [3.05, 3.63) is 65.7 Å². The molecule has 31 heavy (non-hydrogen) atoms. The number of carbonyl (C=O) groups is 4. The Bertz CT molecular complexity index is 887. The van der Waals surface area contributed by atoms with Gasteiger partial charge in [0.25, 0.3) is 0 Å². The number of amides is 3. The van der Waals surface area contributed by atoms with Crippen molar-refractivity contribution in [1.29, 1.82) is 0 Å². The first kappa shape index (κ1) is 23.6. The van der Waals surface area contributed by atoms with Gasteiger partial charge in [0.2, 0.25) is 17.7 Å². The zero-order chi connectivity index (χ0) is 22.6. The highest BCUT2D eigenvalue weighted by atomic mass is 16.3. The van der Waals surface area contributed by atoms with Gasteiger partial charge in [-0.1, -0.05) is 42.5 Å². The van der Waals surface area contributed by atoms with Crippen molar-refractivity contribution < 1.29 is 24.3 Å². The topological polar surface area (TPSA) is 151 Å². The van der Waals surface area contributed by atoms with E-state index in [0.717, 1.165) is 11.1 Å². The molecule has 2 rings (SSSR count). The Morgan fingerprint density at radius 2 is 1.55 bits per heavy atom. The first-order valence-corrected chi connectivity index (χ1v) is 9.75. The number of carbonyl (C=O) groups excluding carboxylic acids is 4. The first-order valence-electron chi connectivity index (χ1n) is 9.75. The molecule has 0 aliphatic heterocycles. The van der Waals surface area contributed by atoms with E-state index in [1.165, 1.54) is 12.1 Å². The molecule has 0 saturated heterocycles. The summed E-state index contributed by atoms with van der Waals surface area (Å²) in [6, 6.07) is 13.6. The van der Waals surface area contributed by atoms with Gasteiger partial charge in [-0.05, 0) is 29.7 Å². The molecular formula is C22H26N4O5. The number of nitrogens with two attached hydrogens (primary N) is 1. The zero-order valence-corrected chi connectivity index (χ0v) is 16.9. The summed E-state index contributed by atoms with van der Waals surface area (Å²) in [5, 5.41) is 16.7. The normalized spacial score (nSPS) is 12.3. The van der Waals surface area contributed by atoms with Gasteiger partial charge in [-0.3, -0.25) is 14.4 Å². The molecule has 9 heteroatoms. The largest absolute Gasteiger partial charge is 0.508 e. The Morgan fingerprint density at radius 3 is 2.19 bits per heavy atom. The van der Waals surface area contributed by atoms with Crippen molar-refractivity contribution in [3.63, 3.8) is 0 Å². The van der Waals surface area contributed by atoms with Crippen LogP contribution < -0.4 is 21.7 Å². The Hall–Kier alpha value is -3.72. The van der Waals surface area contributed by atoms with Gasteiger partial charge in [-0.25, -0.2) is 0 Å². The highest BCUT2D eigenvalue weighted by Crippen LogP contribution is 2.10. The van der Waals surface area contributed by atoms with Crippen molar-refractivity contribution in [2.45, 2.75) is 24.9 Å². The number of aldehydes is 1. The second-order valence-electron chi connectivity index (χ2n) is 6.92. The molecule has 0 fully saturated rings. The van der Waals surface area contributed by atoms with Crippen LogP contribution in [-0.4, -0.2) is 54.3 Å². The minimum absolute atomic E-state index is 0.112. The van der Waals surface area contributed by atoms with Crippen molar-refractivity contribution in [2.75, 3.05) is 13.1 Å². The summed E-state index contributed by atoms with van der Waals surface area (Å²) in [7, 11) is 0. The first-order chi connectivity index (χ1) is 14.9. The Morgan fingerprint density at radius 1 is 0.903 bits per heavy atom. The molecule has 2 aromatic rings. The molecule has 6 N–H and O–H groups in total. The summed E-state index contributed by atoms with van der Waals surface area (Å²) >= 11 is 0. The average molecular weight is 426 g/mol. The van der Waals surface area contributed by atoms with Crippen molar-refractivity contribution in [2.24, 2.45) is 5.73 Å². The number of aromatic hydroxyl groups is 1. The van der Waals surface area contributed by atoms with Crippen LogP contribution in [0.25, 0.3) is 0 Å². The lowest BCUT2D eigenvalue weighted by Gasteiger charge is -2.19. The molecule has 9 nitrogen and oxygen atoms in total. The fourth-order valence-electron chi connectivity index (χ4n) is 2.85. The van der Waals surface area contributed by atoms with E-state index in [1.54, 1.807) is 12.1 Å². The molecular weight excluding hydrogens is 400 g/mol. The lowest BCUT2D eigenvalue weighted by molar-refractivity contribution is -0.130. The van der Waals surface area contributed by atoms with Crippen LogP contribution in [0.2, 0.25) is 0 Å². The number of hydrogen-bond acceptors (Lipinski definition) is 6. The summed E-state index contributed by atoms with van der Waals surface area (Å²) < 4.78 is 0. The second-order valence-corrected chi connectivity index (χ2v) is 6.92. The molecule has 0 radical (unpaired) electrons. The number of phenols is 1. The fourth-order valence-corrected chi connectivity index (χ4v) is 2.85. The van der Waals surface area contributed by atoms with Crippen molar-refractivity contribution in [3.8, 4) is 5.75 Å². The predicted octanol–water partition coefficient (Wildman–Crippen LogP) is -0.579. The zero-order valence-electron chi connectivity index (χ0n) is 16.9. The Labute approximate surface area is 180 Å². The molecule has 3 amide bonds. The van der Waals surface area contributed by atoms with Gasteiger partial charge >= 0.3 is 0 Å². The molecule has 0 unspecified atom stereocenters. The maximum absolute atomic E-state index is 12.3. The van der Waals surface area contributed by atoms with E-state index < -0.39 is 29.8 Å². The van der Waals surface area contributed by atoms with Crippen LogP contribution in [0.15, 0.2) is 54.6 Å². The molecule has 0 aliphatic carbocycles. The summed E-state index contributed by atoms with van der Waals surface area (Å²) in [5.41, 5.74) is 7.47. The van der Waals surface area contributed by atoms with Crippen LogP contribution >= 0.6 is 0 Å². The van der Waals surface area contributed by atoms with E-state index in [0.29, 0.717) is 6.29 Å². The van der Waals surface area contributed by atoms with E-state index in [2.05, 4.69) is 16.0 Å². The van der Waals surface area contributed by atoms with E-state index in [1.807, 2.05) is 30.3 Å². The van der Waals surface area contributed by atoms with Gasteiger partial charge in [0.1, 0.15) is 18.1 Å². The Kier molecular flexibility index (Phi) is 9.18. The third-order valence-corrected chi connectivity index (χ3v) is 4.45. The number of hydrogen-bond donors (Lipinski definition) is 5. The number of rotatable bonds is 11. The van der Waals surface area contributed by atoms with Gasteiger partial charge in [-0.15, -0.1) is 0 Å². The van der Waals surface area contributed by atoms with Crippen LogP contribution in [0.1, 0.15) is 11.1 Å². The quantitative estimate of drug-likeness (QED) is 0.303. The van der Waals surface area contributed by atoms with E-state index >= 15 is 0 Å². The maximum Gasteiger partial charge on any atom is 0.243 e. The lowest BCUT2D eigenvalue weighted by atomic mass is 10.0. The molecule has 164 valence electrons. The molecule has 0 heterocycles. The van der Waals surface area contributed by atoms with Gasteiger partial charge in [0.05, 0.1) is 19.1 Å². The molecule has 0 aromatic heterocycles. The number of nitrogens with one attached hydrogen (secondary N) is 3. The summed E-state index contributed by atoms with van der Waals surface area (Å²) in [4.78, 5) is 47.3. The third kappa shape index (κ3) is 8.27. The van der Waals surface area contributed by atoms with Crippen LogP contribution in [0, 0.1) is 0 Å². The summed E-state index contributed by atoms with van der Waals surface area (Å²) in [5.74, 6) is -1.47. The van der Waals surface area contributed by atoms with Gasteiger partial charge in [-0.2, -0.15) is 0 Å². The van der Waals surface area contributed by atoms with Crippen molar-refractivity contribution >= 4 is 24.0 Å². The van der Waals surface area contributed by atoms with Crippen LogP contribution in [-0.2, 0) is 32.0 Å². The van der Waals surface area contributed by atoms with E-state index in [4.69, 9.17) is 5.73 Å². The van der Waals surface area contributed by atoms with Gasteiger partial charge in [0.15, 0.2) is 0 Å². The minimum Gasteiger partial charge on any atom is -0.508 e. The number of benzene rings is 2. The smallest absolute Gasteiger partial charge is 0.243 e. The number of phenolic OH excluding ortho intramolecular Hbond substituents is 1. The standard InChI is InChI=1S/C22H26N4O5/c23-18(12-16-6-8-17(28)9-7-16)21(30)25-14-20(29)26-19(22(31)24-10-11-27)13-15-4-2-1-3-5-15/h1-9,11,18-19,28H,10,12-14,23H2,(H,24,31)(H,25,30)(H,26,29)/t18-,19-/m0/s1. The van der Waals surface area contributed by atoms with Crippen LogP contribution in [0.5, 0.6) is 5.75 Å². The Balaban J connectivity index is 1.88. The van der Waals surface area contributed by atoms with E-state index in [9.17, 15) is 24.3 Å². The molecule has 0 bridgehead atoms. The summed E-state index contributed by atoms with van der Waals surface area (Å²) in [6.07, 6.45) is 1.01. The molecule has 0 saturated carbocycles. The molecule has 2 aromatic carbocycles. The highest BCUT2D eigenvalue weighted by Gasteiger charge is 2.22. The second kappa shape index (κ2) is 12.1. The minimum atomic E-state index is -0.905. The van der Waals surface area contributed by atoms with E-state index in [-0.39, 0.29) is 31.7 Å². The molecule has 2 atom stereocenters. The van der Waals surface area contributed by atoms with Gasteiger partial charge < -0.3 is 31.6 Å². The van der Waals surface area contributed by atoms with Crippen molar-refractivity contribution in [1.82, 2.24) is 16.0 Å². The molecule has 0 spiro atoms.